The van der Waals surface area contributed by atoms with Crippen LogP contribution in [0.3, 0.4) is 0 Å². The molecule has 3 rings (SSSR count). The Morgan fingerprint density at radius 2 is 1.90 bits per heavy atom. The van der Waals surface area contributed by atoms with Crippen molar-refractivity contribution in [3.05, 3.63) is 67.4 Å². The van der Waals surface area contributed by atoms with E-state index in [1.165, 1.54) is 30.3 Å². The van der Waals surface area contributed by atoms with Gasteiger partial charge in [0.15, 0.2) is 0 Å². The molecule has 108 valence electrons. The van der Waals surface area contributed by atoms with E-state index in [4.69, 9.17) is 0 Å². The van der Waals surface area contributed by atoms with Crippen molar-refractivity contribution in [2.45, 2.75) is 19.9 Å². The zero-order chi connectivity index (χ0) is 14.8. The van der Waals surface area contributed by atoms with Gasteiger partial charge in [0.1, 0.15) is 0 Å². The summed E-state index contributed by atoms with van der Waals surface area (Å²) in [5, 5.41) is 8.61. The van der Waals surface area contributed by atoms with E-state index in [-0.39, 0.29) is 6.04 Å². The number of halogens is 1. The van der Waals surface area contributed by atoms with E-state index in [1.807, 2.05) is 11.3 Å². The van der Waals surface area contributed by atoms with E-state index in [1.54, 1.807) is 0 Å². The Labute approximate surface area is 143 Å². The van der Waals surface area contributed by atoms with Crippen molar-refractivity contribution >= 4 is 44.7 Å². The molecule has 0 saturated heterocycles. The summed E-state index contributed by atoms with van der Waals surface area (Å²) in [4.78, 5) is 0. The van der Waals surface area contributed by atoms with Gasteiger partial charge in [0, 0.05) is 0 Å². The molecule has 0 bridgehead atoms. The van der Waals surface area contributed by atoms with E-state index in [0.29, 0.717) is 0 Å². The van der Waals surface area contributed by atoms with Crippen LogP contribution in [0.2, 0.25) is 0 Å². The van der Waals surface area contributed by atoms with Crippen molar-refractivity contribution in [3.8, 4) is 0 Å². The lowest BCUT2D eigenvalue weighted by atomic mass is 9.93. The van der Waals surface area contributed by atoms with Gasteiger partial charge in [-0.25, -0.2) is 0 Å². The van der Waals surface area contributed by atoms with Crippen LogP contribution in [-0.2, 0) is 0 Å². The normalized spacial score (nSPS) is 12.7. The summed E-state index contributed by atoms with van der Waals surface area (Å²) in [6.07, 6.45) is 0. The van der Waals surface area contributed by atoms with Crippen LogP contribution in [0.4, 0.5) is 0 Å². The topological polar surface area (TPSA) is 12.0 Å². The molecule has 0 fully saturated rings. The zero-order valence-corrected chi connectivity index (χ0v) is 15.2. The molecule has 0 aliphatic heterocycles. The maximum Gasteiger partial charge on any atom is 0.0656 e. The Bertz CT molecular complexity index is 763. The molecule has 0 saturated carbocycles. The Kier molecular flexibility index (Phi) is 4.62. The lowest BCUT2D eigenvalue weighted by Crippen LogP contribution is -2.21. The van der Waals surface area contributed by atoms with Gasteiger partial charge in [-0.2, -0.15) is 0 Å². The van der Waals surface area contributed by atoms with Gasteiger partial charge in [0.2, 0.25) is 0 Å². The Morgan fingerprint density at radius 1 is 1.14 bits per heavy atom. The van der Waals surface area contributed by atoms with Crippen LogP contribution in [0, 0.1) is 9.81 Å². The first-order valence-corrected chi connectivity index (χ1v) is 9.12. The molecule has 0 amide bonds. The van der Waals surface area contributed by atoms with Gasteiger partial charge in [-0.1, -0.05) is 43.3 Å². The SMILES string of the molecule is CCNC(c1csc(I)c1)c1ccc(C)c2ccccc12. The smallest absolute Gasteiger partial charge is 0.0656 e. The Hall–Kier alpha value is -0.910. The summed E-state index contributed by atoms with van der Waals surface area (Å²) in [5.41, 5.74) is 4.07. The molecule has 0 spiro atoms. The van der Waals surface area contributed by atoms with Crippen LogP contribution in [0.1, 0.15) is 29.7 Å². The number of aryl methyl sites for hydroxylation is 1. The second-order valence-corrected chi connectivity index (χ2v) is 8.00. The fraction of sp³-hybridized carbons (Fsp3) is 0.222. The summed E-state index contributed by atoms with van der Waals surface area (Å²) in [6.45, 7) is 5.31. The molecular weight excluding hydrogens is 389 g/mol. The Morgan fingerprint density at radius 3 is 2.57 bits per heavy atom. The van der Waals surface area contributed by atoms with E-state index in [0.717, 1.165) is 6.54 Å². The van der Waals surface area contributed by atoms with Crippen LogP contribution in [0.15, 0.2) is 47.8 Å². The van der Waals surface area contributed by atoms with Gasteiger partial charge < -0.3 is 5.32 Å². The molecule has 3 heteroatoms. The maximum absolute atomic E-state index is 3.64. The molecule has 0 radical (unpaired) electrons. The van der Waals surface area contributed by atoms with Crippen molar-refractivity contribution in [2.75, 3.05) is 6.54 Å². The van der Waals surface area contributed by atoms with Gasteiger partial charge in [-0.15, -0.1) is 11.3 Å². The van der Waals surface area contributed by atoms with E-state index in [9.17, 15) is 0 Å². The minimum atomic E-state index is 0.264. The summed E-state index contributed by atoms with van der Waals surface area (Å²) < 4.78 is 1.34. The van der Waals surface area contributed by atoms with E-state index >= 15 is 0 Å². The molecule has 1 aromatic heterocycles. The third-order valence-corrected chi connectivity index (χ3v) is 5.62. The Balaban J connectivity index is 2.18. The van der Waals surface area contributed by atoms with Crippen molar-refractivity contribution in [1.29, 1.82) is 0 Å². The standard InChI is InChI=1S/C18H18INS/c1-3-20-18(13-10-17(19)21-11-13)16-9-8-12(2)14-6-4-5-7-15(14)16/h4-11,18,20H,3H2,1-2H3. The fourth-order valence-corrected chi connectivity index (χ4v) is 4.21. The quantitative estimate of drug-likeness (QED) is 0.562. The highest BCUT2D eigenvalue weighted by atomic mass is 127. The monoisotopic (exact) mass is 407 g/mol. The van der Waals surface area contributed by atoms with Gasteiger partial charge in [0.25, 0.3) is 0 Å². The molecule has 1 heterocycles. The fourth-order valence-electron chi connectivity index (χ4n) is 2.81. The first-order chi connectivity index (χ1) is 10.2. The van der Waals surface area contributed by atoms with Gasteiger partial charge in [0.05, 0.1) is 8.93 Å². The second-order valence-electron chi connectivity index (χ2n) is 5.19. The molecule has 1 N–H and O–H groups in total. The molecule has 0 aliphatic rings. The lowest BCUT2D eigenvalue weighted by molar-refractivity contribution is 0.636. The second kappa shape index (κ2) is 6.46. The van der Waals surface area contributed by atoms with Gasteiger partial charge >= 0.3 is 0 Å². The highest BCUT2D eigenvalue weighted by Crippen LogP contribution is 2.33. The van der Waals surface area contributed by atoms with Crippen LogP contribution in [0.5, 0.6) is 0 Å². The van der Waals surface area contributed by atoms with Crippen molar-refractivity contribution in [1.82, 2.24) is 5.32 Å². The molecule has 3 aromatic rings. The van der Waals surface area contributed by atoms with E-state index < -0.39 is 0 Å². The van der Waals surface area contributed by atoms with Crippen LogP contribution < -0.4 is 5.32 Å². The van der Waals surface area contributed by atoms with Crippen LogP contribution in [0.25, 0.3) is 10.8 Å². The molecular formula is C18H18INS. The highest BCUT2D eigenvalue weighted by molar-refractivity contribution is 14.1. The first-order valence-electron chi connectivity index (χ1n) is 7.16. The predicted octanol–water partition coefficient (Wildman–Crippen LogP) is 5.51. The number of fused-ring (bicyclic) bond motifs is 1. The zero-order valence-electron chi connectivity index (χ0n) is 12.2. The number of thiophene rings is 1. The molecule has 0 aliphatic carbocycles. The predicted molar refractivity (Wildman–Crippen MR) is 101 cm³/mol. The molecule has 1 unspecified atom stereocenters. The first kappa shape index (κ1) is 15.0. The number of benzene rings is 2. The third-order valence-electron chi connectivity index (χ3n) is 3.82. The summed E-state index contributed by atoms with van der Waals surface area (Å²) in [7, 11) is 0. The van der Waals surface area contributed by atoms with Crippen LogP contribution in [-0.4, -0.2) is 6.54 Å². The summed E-state index contributed by atoms with van der Waals surface area (Å²) in [5.74, 6) is 0. The maximum atomic E-state index is 3.64. The van der Waals surface area contributed by atoms with Crippen molar-refractivity contribution in [2.24, 2.45) is 0 Å². The number of hydrogen-bond donors (Lipinski definition) is 1. The average molecular weight is 407 g/mol. The molecule has 2 aromatic carbocycles. The highest BCUT2D eigenvalue weighted by Gasteiger charge is 2.17. The van der Waals surface area contributed by atoms with Crippen molar-refractivity contribution in [3.63, 3.8) is 0 Å². The number of rotatable bonds is 4. The minimum absolute atomic E-state index is 0.264. The largest absolute Gasteiger partial charge is 0.306 e. The summed E-state index contributed by atoms with van der Waals surface area (Å²) >= 11 is 4.20. The lowest BCUT2D eigenvalue weighted by Gasteiger charge is -2.20. The molecule has 21 heavy (non-hydrogen) atoms. The number of nitrogens with one attached hydrogen (secondary N) is 1. The summed E-state index contributed by atoms with van der Waals surface area (Å²) in [6, 6.07) is 15.8. The van der Waals surface area contributed by atoms with E-state index in [2.05, 4.69) is 89.6 Å². The third kappa shape index (κ3) is 3.00. The molecule has 1 atom stereocenters. The number of hydrogen-bond acceptors (Lipinski definition) is 2. The van der Waals surface area contributed by atoms with Crippen LogP contribution >= 0.6 is 33.9 Å². The van der Waals surface area contributed by atoms with Gasteiger partial charge in [-0.05, 0) is 75.0 Å². The van der Waals surface area contributed by atoms with Gasteiger partial charge in [-0.3, -0.25) is 0 Å². The average Bonchev–Trinajstić information content (AvgIpc) is 2.92. The minimum Gasteiger partial charge on any atom is -0.306 e. The molecule has 1 nitrogen and oxygen atoms in total. The van der Waals surface area contributed by atoms with Crippen molar-refractivity contribution < 1.29 is 0 Å².